The zero-order chi connectivity index (χ0) is 28.7. The molecule has 0 bridgehead atoms. The molecule has 0 radical (unpaired) electrons. The number of nitrogens with zero attached hydrogens (tertiary/aromatic N) is 7. The van der Waals surface area contributed by atoms with Gasteiger partial charge in [-0.3, -0.25) is 28.0 Å². The van der Waals surface area contributed by atoms with Crippen LogP contribution in [0.3, 0.4) is 0 Å². The number of hydrogen-bond donors (Lipinski definition) is 4. The van der Waals surface area contributed by atoms with Gasteiger partial charge in [-0.15, -0.1) is 0 Å². The number of H-pyrrole nitrogens is 1. The van der Waals surface area contributed by atoms with Crippen molar-refractivity contribution < 1.29 is 31.9 Å². The third-order valence-electron chi connectivity index (χ3n) is 7.14. The number of halogens is 2. The quantitative estimate of drug-likeness (QED) is 0.183. The van der Waals surface area contributed by atoms with E-state index in [9.17, 15) is 9.36 Å². The molecular weight excluding hydrogens is 609 g/mol. The van der Waals surface area contributed by atoms with E-state index in [1.54, 1.807) is 0 Å². The minimum absolute atomic E-state index is 0.0252. The number of anilines is 2. The molecule has 1 unspecified atom stereocenters. The molecule has 4 aromatic rings. The lowest BCUT2D eigenvalue weighted by atomic mass is 9.96. The molecule has 0 aliphatic carbocycles. The van der Waals surface area contributed by atoms with Crippen LogP contribution in [-0.4, -0.2) is 75.8 Å². The average molecular weight is 631 g/mol. The molecule has 0 saturated carbocycles. The smallest absolute Gasteiger partial charge is 0.382 e. The fraction of sp³-hybridized carbons (Fsp3) is 0.500. The van der Waals surface area contributed by atoms with E-state index in [2.05, 4.69) is 42.2 Å². The van der Waals surface area contributed by atoms with Crippen LogP contribution in [0.1, 0.15) is 18.0 Å². The van der Waals surface area contributed by atoms with Crippen molar-refractivity contribution in [2.45, 2.75) is 41.6 Å². The highest BCUT2D eigenvalue weighted by Crippen LogP contribution is 2.65. The number of nitrogen functional groups attached to an aromatic ring is 2. The second kappa shape index (κ2) is 9.58. The molecule has 3 aliphatic heterocycles. The Morgan fingerprint density at radius 1 is 1.17 bits per heavy atom. The van der Waals surface area contributed by atoms with Crippen LogP contribution >= 0.6 is 30.8 Å². The van der Waals surface area contributed by atoms with Crippen LogP contribution in [0.25, 0.3) is 22.3 Å². The molecule has 3 aliphatic rings. The number of rotatable bonds is 2. The van der Waals surface area contributed by atoms with Gasteiger partial charge in [0.15, 0.2) is 41.1 Å². The summed E-state index contributed by atoms with van der Waals surface area (Å²) >= 11 is 4.69. The van der Waals surface area contributed by atoms with Crippen molar-refractivity contribution in [2.75, 3.05) is 24.7 Å². The molecule has 8 atom stereocenters. The summed E-state index contributed by atoms with van der Waals surface area (Å²) in [5.74, 6) is -0.897. The minimum Gasteiger partial charge on any atom is -0.382 e. The summed E-state index contributed by atoms with van der Waals surface area (Å²) in [5.41, 5.74) is 11.5. The summed E-state index contributed by atoms with van der Waals surface area (Å²) in [4.78, 5) is 34.8. The summed E-state index contributed by atoms with van der Waals surface area (Å²) < 4.78 is 70.5. The van der Waals surface area contributed by atoms with Gasteiger partial charge in [-0.2, -0.15) is 9.37 Å². The molecule has 0 spiro atoms. The maximum Gasteiger partial charge on any atom is 0.386 e. The van der Waals surface area contributed by atoms with Crippen molar-refractivity contribution in [3.63, 3.8) is 0 Å². The van der Waals surface area contributed by atoms with Gasteiger partial charge in [0.1, 0.15) is 17.2 Å². The number of alkyl halides is 2. The van der Waals surface area contributed by atoms with Crippen molar-refractivity contribution in [2.24, 2.45) is 5.92 Å². The lowest BCUT2D eigenvalue weighted by Gasteiger charge is -2.47. The highest BCUT2D eigenvalue weighted by molar-refractivity contribution is 8.44. The summed E-state index contributed by atoms with van der Waals surface area (Å²) in [6.45, 7) is -4.88. The Morgan fingerprint density at radius 3 is 2.78 bits per heavy atom. The van der Waals surface area contributed by atoms with Crippen molar-refractivity contribution in [1.82, 2.24) is 39.0 Å². The molecule has 218 valence electrons. The third kappa shape index (κ3) is 4.39. The maximum absolute atomic E-state index is 16.0. The largest absolute Gasteiger partial charge is 0.386 e. The lowest BCUT2D eigenvalue weighted by molar-refractivity contribution is -0.159. The second-order valence-corrected chi connectivity index (χ2v) is 13.7. The van der Waals surface area contributed by atoms with Gasteiger partial charge in [-0.05, 0) is 6.42 Å². The molecule has 4 aromatic heterocycles. The topological polar surface area (TPSA) is 213 Å². The van der Waals surface area contributed by atoms with Gasteiger partial charge in [0, 0.05) is 5.92 Å². The zero-order valence-electron chi connectivity index (χ0n) is 20.6. The van der Waals surface area contributed by atoms with E-state index < -0.39 is 53.4 Å². The SMILES string of the molecule is Nc1nc2c(ncn2[C@@H]2S[C@@]3(F)OCC[C@H]4[C@H](F)[C@H](n5cnc6c(N)ncnc65)O[C@@H]4COP(=O)(S)O[C@@H]23)c(=O)[nH]1. The number of thioether (sulfide) groups is 1. The van der Waals surface area contributed by atoms with E-state index in [-0.39, 0.29) is 53.7 Å². The third-order valence-corrected chi connectivity index (χ3v) is 10.1. The summed E-state index contributed by atoms with van der Waals surface area (Å²) in [7, 11) is 0. The van der Waals surface area contributed by atoms with Gasteiger partial charge in [-0.25, -0.2) is 28.9 Å². The van der Waals surface area contributed by atoms with Crippen molar-refractivity contribution in [1.29, 1.82) is 0 Å². The first-order valence-electron chi connectivity index (χ1n) is 12.2. The molecule has 41 heavy (non-hydrogen) atoms. The Bertz CT molecular complexity index is 1780. The van der Waals surface area contributed by atoms with Crippen molar-refractivity contribution in [3.05, 3.63) is 29.3 Å². The van der Waals surface area contributed by atoms with Crippen LogP contribution in [0.2, 0.25) is 0 Å². The minimum atomic E-state index is -4.27. The van der Waals surface area contributed by atoms with E-state index in [4.69, 9.17) is 30.0 Å². The monoisotopic (exact) mass is 630 g/mol. The summed E-state index contributed by atoms with van der Waals surface area (Å²) in [5, 5.41) is -3.45. The number of nitrogens with one attached hydrogen (secondary N) is 1. The normalized spacial score (nSPS) is 36.0. The average Bonchev–Trinajstić information content (AvgIpc) is 3.61. The molecule has 3 fully saturated rings. The van der Waals surface area contributed by atoms with Crippen molar-refractivity contribution in [3.8, 4) is 0 Å². The lowest BCUT2D eigenvalue weighted by Crippen LogP contribution is -2.53. The van der Waals surface area contributed by atoms with E-state index in [0.717, 1.165) is 0 Å². The van der Waals surface area contributed by atoms with Gasteiger partial charge >= 0.3 is 6.80 Å². The molecule has 16 nitrogen and oxygen atoms in total. The van der Waals surface area contributed by atoms with E-state index >= 15 is 8.78 Å². The molecule has 0 amide bonds. The van der Waals surface area contributed by atoms with Crippen LogP contribution in [0.15, 0.2) is 23.8 Å². The summed E-state index contributed by atoms with van der Waals surface area (Å²) in [6, 6.07) is 0. The van der Waals surface area contributed by atoms with Crippen LogP contribution in [0.4, 0.5) is 20.5 Å². The van der Waals surface area contributed by atoms with Gasteiger partial charge in [0.25, 0.3) is 10.7 Å². The molecule has 0 aromatic carbocycles. The number of thiol groups is 1. The van der Waals surface area contributed by atoms with Crippen molar-refractivity contribution >= 4 is 64.9 Å². The standard InChI is InChI=1S/C20H21F2N10O6PS2/c21-9-7-1-2-35-20(22)12(18(41-20)32-6-28-11-15(32)29-19(24)30-16(11)33)38-39(34,40)36-3-8(7)37-17(9)31-5-27-10-13(23)25-4-26-14(10)31/h4-9,12,17-18H,1-3H2,(H,34,40)(H2,23,25,26)(H3,24,29,30,33)/t7-,8-,9+,12+,17-,18-,20+,39?/m1/s1. The second-order valence-electron chi connectivity index (χ2n) is 9.55. The van der Waals surface area contributed by atoms with Crippen LogP contribution in [0.5, 0.6) is 0 Å². The van der Waals surface area contributed by atoms with Crippen LogP contribution in [0, 0.1) is 5.92 Å². The van der Waals surface area contributed by atoms with E-state index in [1.807, 2.05) is 0 Å². The van der Waals surface area contributed by atoms with Gasteiger partial charge in [0.2, 0.25) is 5.95 Å². The predicted molar refractivity (Wildman–Crippen MR) is 143 cm³/mol. The fourth-order valence-corrected chi connectivity index (χ4v) is 7.97. The molecule has 5 N–H and O–H groups in total. The fourth-order valence-electron chi connectivity index (χ4n) is 5.19. The number of hydrogen-bond acceptors (Lipinski definition) is 14. The van der Waals surface area contributed by atoms with Crippen LogP contribution < -0.4 is 17.0 Å². The predicted octanol–water partition coefficient (Wildman–Crippen LogP) is 1.70. The van der Waals surface area contributed by atoms with Gasteiger partial charge in [0.05, 0.1) is 32.0 Å². The van der Waals surface area contributed by atoms with E-state index in [1.165, 1.54) is 28.1 Å². The Labute approximate surface area is 237 Å². The number of nitrogens with two attached hydrogens (primary N) is 2. The molecule has 7 heterocycles. The number of imidazole rings is 2. The number of aromatic amines is 1. The summed E-state index contributed by atoms with van der Waals surface area (Å²) in [6.07, 6.45) is -1.41. The highest BCUT2D eigenvalue weighted by Gasteiger charge is 2.63. The van der Waals surface area contributed by atoms with Gasteiger partial charge < -0.3 is 20.9 Å². The maximum atomic E-state index is 16.0. The van der Waals surface area contributed by atoms with E-state index in [0.29, 0.717) is 11.8 Å². The molecule has 7 rings (SSSR count). The molecule has 3 saturated heterocycles. The highest BCUT2D eigenvalue weighted by atomic mass is 32.7. The van der Waals surface area contributed by atoms with Gasteiger partial charge in [-0.1, -0.05) is 24.0 Å². The first-order chi connectivity index (χ1) is 19.5. The first-order valence-corrected chi connectivity index (χ1v) is 15.7. The zero-order valence-corrected chi connectivity index (χ0v) is 23.2. The molecular formula is C20H21F2N10O6PS2. The first kappa shape index (κ1) is 27.0. The Morgan fingerprint density at radius 2 is 1.95 bits per heavy atom. The van der Waals surface area contributed by atoms with Crippen LogP contribution in [-0.2, 0) is 23.1 Å². The Hall–Kier alpha value is -2.87. The number of fused-ring (bicyclic) bond motifs is 4. The number of aromatic nitrogens is 8. The number of ether oxygens (including phenoxy) is 2. The Balaban J connectivity index is 1.15. The molecule has 21 heteroatoms. The Kier molecular flexibility index (Phi) is 6.31.